The summed E-state index contributed by atoms with van der Waals surface area (Å²) in [4.78, 5) is 12.6. The van der Waals surface area contributed by atoms with Gasteiger partial charge in [-0.25, -0.2) is 4.39 Å². The molecule has 0 spiro atoms. The minimum absolute atomic E-state index is 0.296. The van der Waals surface area contributed by atoms with Gasteiger partial charge in [-0.1, -0.05) is 47.5 Å². The Kier molecular flexibility index (Phi) is 5.37. The number of hydrogen-bond acceptors (Lipinski definition) is 1. The highest BCUT2D eigenvalue weighted by Gasteiger charge is 2.18. The average molecular weight is 374 g/mol. The van der Waals surface area contributed by atoms with E-state index in [4.69, 9.17) is 23.2 Å². The quantitative estimate of drug-likeness (QED) is 0.628. The lowest BCUT2D eigenvalue weighted by Gasteiger charge is -2.20. The van der Waals surface area contributed by atoms with Gasteiger partial charge in [-0.05, 0) is 59.7 Å². The standard InChI is InChI=1S/C20H14Cl2FNO/c21-16-7-1-13(2-8-16)19(14-3-9-17(22)10-4-14)24-20(25)15-5-11-18(23)12-6-15/h1-12,19H,(H,24,25). The lowest BCUT2D eigenvalue weighted by Crippen LogP contribution is -2.29. The molecule has 0 saturated carbocycles. The van der Waals surface area contributed by atoms with Crippen molar-refractivity contribution in [2.24, 2.45) is 0 Å². The van der Waals surface area contributed by atoms with Crippen LogP contribution in [0, 0.1) is 5.82 Å². The van der Waals surface area contributed by atoms with E-state index >= 15 is 0 Å². The molecule has 0 bridgehead atoms. The highest BCUT2D eigenvalue weighted by molar-refractivity contribution is 6.30. The van der Waals surface area contributed by atoms with Gasteiger partial charge in [0, 0.05) is 15.6 Å². The zero-order chi connectivity index (χ0) is 17.8. The van der Waals surface area contributed by atoms with E-state index in [0.29, 0.717) is 15.6 Å². The summed E-state index contributed by atoms with van der Waals surface area (Å²) in [6, 6.07) is 19.5. The lowest BCUT2D eigenvalue weighted by molar-refractivity contribution is 0.0943. The van der Waals surface area contributed by atoms with Crippen LogP contribution in [0.4, 0.5) is 4.39 Å². The zero-order valence-electron chi connectivity index (χ0n) is 13.0. The van der Waals surface area contributed by atoms with Crippen LogP contribution in [0.3, 0.4) is 0 Å². The van der Waals surface area contributed by atoms with Crippen LogP contribution in [0.15, 0.2) is 72.8 Å². The molecule has 5 heteroatoms. The molecule has 25 heavy (non-hydrogen) atoms. The van der Waals surface area contributed by atoms with E-state index in [1.807, 2.05) is 24.3 Å². The Bertz CT molecular complexity index is 816. The molecular formula is C20H14Cl2FNO. The number of carbonyl (C=O) groups excluding carboxylic acids is 1. The van der Waals surface area contributed by atoms with Crippen LogP contribution in [0.2, 0.25) is 10.0 Å². The molecule has 0 fully saturated rings. The van der Waals surface area contributed by atoms with Crippen LogP contribution in [0.25, 0.3) is 0 Å². The molecule has 3 rings (SSSR count). The molecule has 0 saturated heterocycles. The summed E-state index contributed by atoms with van der Waals surface area (Å²) in [5.41, 5.74) is 2.14. The van der Waals surface area contributed by atoms with Gasteiger partial charge in [-0.3, -0.25) is 4.79 Å². The predicted molar refractivity (Wildman–Crippen MR) is 98.6 cm³/mol. The first-order chi connectivity index (χ1) is 12.0. The van der Waals surface area contributed by atoms with E-state index in [0.717, 1.165) is 11.1 Å². The smallest absolute Gasteiger partial charge is 0.252 e. The molecular weight excluding hydrogens is 360 g/mol. The van der Waals surface area contributed by atoms with E-state index in [1.165, 1.54) is 24.3 Å². The van der Waals surface area contributed by atoms with Gasteiger partial charge in [0.15, 0.2) is 0 Å². The van der Waals surface area contributed by atoms with Crippen LogP contribution in [-0.2, 0) is 0 Å². The van der Waals surface area contributed by atoms with Gasteiger partial charge in [0.2, 0.25) is 0 Å². The monoisotopic (exact) mass is 373 g/mol. The van der Waals surface area contributed by atoms with Crippen molar-refractivity contribution >= 4 is 29.1 Å². The molecule has 3 aromatic carbocycles. The van der Waals surface area contributed by atoms with Crippen molar-refractivity contribution in [2.75, 3.05) is 0 Å². The van der Waals surface area contributed by atoms with E-state index < -0.39 is 0 Å². The molecule has 1 N–H and O–H groups in total. The molecule has 0 heterocycles. The summed E-state index contributed by atoms with van der Waals surface area (Å²) in [6.45, 7) is 0. The molecule has 0 unspecified atom stereocenters. The third-order valence-electron chi connectivity index (χ3n) is 3.79. The Morgan fingerprint density at radius 2 is 1.20 bits per heavy atom. The Balaban J connectivity index is 1.93. The van der Waals surface area contributed by atoms with Crippen molar-refractivity contribution in [1.82, 2.24) is 5.32 Å². The van der Waals surface area contributed by atoms with Crippen LogP contribution in [0.5, 0.6) is 0 Å². The maximum Gasteiger partial charge on any atom is 0.252 e. The van der Waals surface area contributed by atoms with Crippen molar-refractivity contribution < 1.29 is 9.18 Å². The molecule has 0 radical (unpaired) electrons. The number of carbonyl (C=O) groups is 1. The van der Waals surface area contributed by atoms with Crippen molar-refractivity contribution in [1.29, 1.82) is 0 Å². The second-order valence-corrected chi connectivity index (χ2v) is 6.39. The average Bonchev–Trinajstić information content (AvgIpc) is 2.62. The number of nitrogens with one attached hydrogen (secondary N) is 1. The maximum atomic E-state index is 13.1. The fourth-order valence-electron chi connectivity index (χ4n) is 2.49. The highest BCUT2D eigenvalue weighted by atomic mass is 35.5. The fraction of sp³-hybridized carbons (Fsp3) is 0.0500. The van der Waals surface area contributed by atoms with E-state index in [9.17, 15) is 9.18 Å². The summed E-state index contributed by atoms with van der Waals surface area (Å²) in [5, 5.41) is 4.21. The Hall–Kier alpha value is -2.36. The predicted octanol–water partition coefficient (Wildman–Crippen LogP) is 5.65. The number of benzene rings is 3. The first-order valence-electron chi connectivity index (χ1n) is 7.60. The van der Waals surface area contributed by atoms with Gasteiger partial charge in [-0.2, -0.15) is 0 Å². The molecule has 126 valence electrons. The van der Waals surface area contributed by atoms with Crippen molar-refractivity contribution in [3.8, 4) is 0 Å². The van der Waals surface area contributed by atoms with Crippen LogP contribution >= 0.6 is 23.2 Å². The van der Waals surface area contributed by atoms with Gasteiger partial charge in [0.05, 0.1) is 6.04 Å². The normalized spacial score (nSPS) is 10.7. The Morgan fingerprint density at radius 3 is 1.64 bits per heavy atom. The minimum Gasteiger partial charge on any atom is -0.341 e. The molecule has 0 aliphatic rings. The molecule has 0 aromatic heterocycles. The van der Waals surface area contributed by atoms with Gasteiger partial charge < -0.3 is 5.32 Å². The lowest BCUT2D eigenvalue weighted by atomic mass is 9.98. The second kappa shape index (κ2) is 7.68. The van der Waals surface area contributed by atoms with Crippen molar-refractivity contribution in [2.45, 2.75) is 6.04 Å². The largest absolute Gasteiger partial charge is 0.341 e. The van der Waals surface area contributed by atoms with Gasteiger partial charge in [0.25, 0.3) is 5.91 Å². The van der Waals surface area contributed by atoms with Crippen LogP contribution < -0.4 is 5.32 Å². The number of halogens is 3. The number of rotatable bonds is 4. The summed E-state index contributed by atoms with van der Waals surface area (Å²) in [7, 11) is 0. The van der Waals surface area contributed by atoms with E-state index in [1.54, 1.807) is 24.3 Å². The highest BCUT2D eigenvalue weighted by Crippen LogP contribution is 2.25. The second-order valence-electron chi connectivity index (χ2n) is 5.52. The molecule has 1 amide bonds. The summed E-state index contributed by atoms with van der Waals surface area (Å²) >= 11 is 11.9. The van der Waals surface area contributed by atoms with E-state index in [-0.39, 0.29) is 17.8 Å². The first-order valence-corrected chi connectivity index (χ1v) is 8.36. The van der Waals surface area contributed by atoms with Gasteiger partial charge in [-0.15, -0.1) is 0 Å². The molecule has 0 aliphatic carbocycles. The molecule has 0 atom stereocenters. The summed E-state index contributed by atoms with van der Waals surface area (Å²) < 4.78 is 13.1. The van der Waals surface area contributed by atoms with Crippen molar-refractivity contribution in [3.63, 3.8) is 0 Å². The summed E-state index contributed by atoms with van der Waals surface area (Å²) in [6.07, 6.45) is 0. The fourth-order valence-corrected chi connectivity index (χ4v) is 2.74. The Morgan fingerprint density at radius 1 is 0.760 bits per heavy atom. The molecule has 2 nitrogen and oxygen atoms in total. The first kappa shape index (κ1) is 17.5. The van der Waals surface area contributed by atoms with Gasteiger partial charge >= 0.3 is 0 Å². The number of hydrogen-bond donors (Lipinski definition) is 1. The van der Waals surface area contributed by atoms with Crippen molar-refractivity contribution in [3.05, 3.63) is 105 Å². The number of amides is 1. The molecule has 3 aromatic rings. The maximum absolute atomic E-state index is 13.1. The zero-order valence-corrected chi connectivity index (χ0v) is 14.6. The van der Waals surface area contributed by atoms with Gasteiger partial charge in [0.1, 0.15) is 5.82 Å². The summed E-state index contributed by atoms with van der Waals surface area (Å²) in [5.74, 6) is -0.682. The van der Waals surface area contributed by atoms with E-state index in [2.05, 4.69) is 5.32 Å². The minimum atomic E-state index is -0.386. The van der Waals surface area contributed by atoms with Crippen LogP contribution in [0.1, 0.15) is 27.5 Å². The SMILES string of the molecule is O=C(NC(c1ccc(Cl)cc1)c1ccc(Cl)cc1)c1ccc(F)cc1. The third kappa shape index (κ3) is 4.38. The Labute approximate surface area is 155 Å². The topological polar surface area (TPSA) is 29.1 Å². The third-order valence-corrected chi connectivity index (χ3v) is 4.29. The molecule has 0 aliphatic heterocycles. The van der Waals surface area contributed by atoms with Crippen LogP contribution in [-0.4, -0.2) is 5.91 Å².